The summed E-state index contributed by atoms with van der Waals surface area (Å²) in [5, 5.41) is 0. The van der Waals surface area contributed by atoms with Crippen LogP contribution in [0.3, 0.4) is 0 Å². The molecule has 0 bridgehead atoms. The summed E-state index contributed by atoms with van der Waals surface area (Å²) in [4.78, 5) is 15.9. The van der Waals surface area contributed by atoms with Gasteiger partial charge in [-0.15, -0.1) is 0 Å². The molecular formula is C16H17NO5S. The van der Waals surface area contributed by atoms with Gasteiger partial charge in [0, 0.05) is 12.5 Å². The Bertz CT molecular complexity index is 757. The number of hydrogen-bond donors (Lipinski definition) is 0. The Morgan fingerprint density at radius 2 is 1.87 bits per heavy atom. The lowest BCUT2D eigenvalue weighted by atomic mass is 10.2. The first-order chi connectivity index (χ1) is 10.8. The number of esters is 1. The minimum atomic E-state index is -3.20. The molecule has 23 heavy (non-hydrogen) atoms. The van der Waals surface area contributed by atoms with Crippen molar-refractivity contribution in [2.75, 3.05) is 12.0 Å². The van der Waals surface area contributed by atoms with Gasteiger partial charge < -0.3 is 9.47 Å². The molecule has 0 fully saturated rings. The van der Waals surface area contributed by atoms with Crippen molar-refractivity contribution in [3.8, 4) is 11.5 Å². The summed E-state index contributed by atoms with van der Waals surface area (Å²) in [6.45, 7) is 1.54. The monoisotopic (exact) mass is 335 g/mol. The van der Waals surface area contributed by atoms with Gasteiger partial charge in [-0.1, -0.05) is 0 Å². The van der Waals surface area contributed by atoms with E-state index in [-0.39, 0.29) is 5.75 Å². The lowest BCUT2D eigenvalue weighted by Gasteiger charge is -2.12. The molecule has 2 aromatic rings. The first-order valence-electron chi connectivity index (χ1n) is 6.90. The van der Waals surface area contributed by atoms with Crippen LogP contribution >= 0.6 is 0 Å². The zero-order valence-corrected chi connectivity index (χ0v) is 13.6. The van der Waals surface area contributed by atoms with Gasteiger partial charge in [0.05, 0.1) is 17.5 Å². The number of ether oxygens (including phenoxy) is 2. The highest BCUT2D eigenvalue weighted by Crippen LogP contribution is 2.20. The number of benzene rings is 1. The van der Waals surface area contributed by atoms with Gasteiger partial charge in [0.1, 0.15) is 17.6 Å². The van der Waals surface area contributed by atoms with Gasteiger partial charge in [-0.2, -0.15) is 0 Å². The topological polar surface area (TPSA) is 82.6 Å². The maximum atomic E-state index is 11.9. The Morgan fingerprint density at radius 1 is 1.17 bits per heavy atom. The molecule has 0 saturated carbocycles. The van der Waals surface area contributed by atoms with Crippen LogP contribution in [-0.4, -0.2) is 37.5 Å². The molecule has 1 heterocycles. The van der Waals surface area contributed by atoms with Crippen molar-refractivity contribution in [1.82, 2.24) is 4.98 Å². The smallest absolute Gasteiger partial charge is 0.338 e. The van der Waals surface area contributed by atoms with E-state index in [4.69, 9.17) is 9.47 Å². The van der Waals surface area contributed by atoms with Gasteiger partial charge in [0.15, 0.2) is 9.84 Å². The van der Waals surface area contributed by atoms with E-state index in [0.717, 1.165) is 6.26 Å². The van der Waals surface area contributed by atoms with Crippen LogP contribution in [-0.2, 0) is 14.6 Å². The fourth-order valence-corrected chi connectivity index (χ4v) is 2.83. The minimum absolute atomic E-state index is 0.207. The van der Waals surface area contributed by atoms with Crippen LogP contribution in [0.1, 0.15) is 17.3 Å². The third-order valence-electron chi connectivity index (χ3n) is 2.81. The van der Waals surface area contributed by atoms with Crippen molar-refractivity contribution < 1.29 is 22.7 Å². The number of carbonyl (C=O) groups excluding carboxylic acids is 1. The average molecular weight is 335 g/mol. The molecule has 0 aliphatic heterocycles. The van der Waals surface area contributed by atoms with Gasteiger partial charge in [0.2, 0.25) is 0 Å². The van der Waals surface area contributed by atoms with E-state index in [1.54, 1.807) is 55.7 Å². The zero-order valence-electron chi connectivity index (χ0n) is 12.8. The lowest BCUT2D eigenvalue weighted by Crippen LogP contribution is -2.23. The van der Waals surface area contributed by atoms with Crippen molar-refractivity contribution in [2.24, 2.45) is 0 Å². The molecule has 2 rings (SSSR count). The Morgan fingerprint density at radius 3 is 2.43 bits per heavy atom. The second kappa shape index (κ2) is 7.23. The molecule has 1 aromatic heterocycles. The van der Waals surface area contributed by atoms with Crippen LogP contribution in [0.5, 0.6) is 11.5 Å². The van der Waals surface area contributed by atoms with Crippen LogP contribution in [0.15, 0.2) is 48.8 Å². The lowest BCUT2D eigenvalue weighted by molar-refractivity contribution is 0.0384. The first-order valence-corrected chi connectivity index (χ1v) is 8.96. The van der Waals surface area contributed by atoms with Gasteiger partial charge in [0.25, 0.3) is 0 Å². The molecular weight excluding hydrogens is 318 g/mol. The van der Waals surface area contributed by atoms with Crippen LogP contribution < -0.4 is 4.74 Å². The quantitative estimate of drug-likeness (QED) is 0.754. The molecule has 0 spiro atoms. The maximum absolute atomic E-state index is 11.9. The fourth-order valence-electron chi connectivity index (χ4n) is 1.91. The van der Waals surface area contributed by atoms with E-state index in [0.29, 0.717) is 17.1 Å². The van der Waals surface area contributed by atoms with Crippen molar-refractivity contribution in [3.63, 3.8) is 0 Å². The molecule has 0 saturated heterocycles. The maximum Gasteiger partial charge on any atom is 0.338 e. The minimum Gasteiger partial charge on any atom is -0.458 e. The molecule has 122 valence electrons. The summed E-state index contributed by atoms with van der Waals surface area (Å²) in [6, 6.07) is 9.89. The fraction of sp³-hybridized carbons (Fsp3) is 0.250. The summed E-state index contributed by atoms with van der Waals surface area (Å²) >= 11 is 0. The predicted molar refractivity (Wildman–Crippen MR) is 85.3 cm³/mol. The number of pyridine rings is 1. The summed E-state index contributed by atoms with van der Waals surface area (Å²) < 4.78 is 33.0. The summed E-state index contributed by atoms with van der Waals surface area (Å²) in [5.74, 6) is 0.360. The van der Waals surface area contributed by atoms with Gasteiger partial charge in [-0.05, 0) is 43.3 Å². The standard InChI is InChI=1S/C16H17NO5S/c1-12(11-23(2,19)20)21-16(18)13-5-7-14(8-6-13)22-15-4-3-9-17-10-15/h3-10,12H,11H2,1-2H3/t12-/m1/s1. The molecule has 0 amide bonds. The third kappa shape index (κ3) is 5.71. The predicted octanol–water partition coefficient (Wildman–Crippen LogP) is 2.46. The van der Waals surface area contributed by atoms with Crippen molar-refractivity contribution in [2.45, 2.75) is 13.0 Å². The highest BCUT2D eigenvalue weighted by Gasteiger charge is 2.16. The molecule has 1 atom stereocenters. The van der Waals surface area contributed by atoms with E-state index >= 15 is 0 Å². The second-order valence-electron chi connectivity index (χ2n) is 5.12. The van der Waals surface area contributed by atoms with Gasteiger partial charge in [-0.25, -0.2) is 13.2 Å². The first kappa shape index (κ1) is 17.0. The van der Waals surface area contributed by atoms with Gasteiger partial charge in [-0.3, -0.25) is 4.98 Å². The molecule has 7 heteroatoms. The van der Waals surface area contributed by atoms with E-state index < -0.39 is 21.9 Å². The summed E-state index contributed by atoms with van der Waals surface area (Å²) in [6.07, 6.45) is 3.62. The molecule has 0 aliphatic carbocycles. The third-order valence-corrected chi connectivity index (χ3v) is 3.88. The number of nitrogens with zero attached hydrogens (tertiary/aromatic N) is 1. The molecule has 6 nitrogen and oxygen atoms in total. The van der Waals surface area contributed by atoms with Gasteiger partial charge >= 0.3 is 5.97 Å². The Labute approximate surface area is 135 Å². The zero-order chi connectivity index (χ0) is 16.9. The van der Waals surface area contributed by atoms with Crippen molar-refractivity contribution in [1.29, 1.82) is 0 Å². The Balaban J connectivity index is 1.97. The highest BCUT2D eigenvalue weighted by molar-refractivity contribution is 7.90. The number of rotatable bonds is 6. The Kier molecular flexibility index (Phi) is 5.33. The molecule has 0 N–H and O–H groups in total. The molecule has 0 unspecified atom stereocenters. The van der Waals surface area contributed by atoms with E-state index in [1.807, 2.05) is 0 Å². The van der Waals surface area contributed by atoms with E-state index in [2.05, 4.69) is 4.98 Å². The van der Waals surface area contributed by atoms with E-state index in [9.17, 15) is 13.2 Å². The Hall–Kier alpha value is -2.41. The number of sulfone groups is 1. The summed E-state index contributed by atoms with van der Waals surface area (Å²) in [5.41, 5.74) is 0.323. The summed E-state index contributed by atoms with van der Waals surface area (Å²) in [7, 11) is -3.20. The SMILES string of the molecule is C[C@H](CS(C)(=O)=O)OC(=O)c1ccc(Oc2cccnc2)cc1. The molecule has 1 aromatic carbocycles. The second-order valence-corrected chi connectivity index (χ2v) is 7.31. The molecule has 0 radical (unpaired) electrons. The average Bonchev–Trinajstić information content (AvgIpc) is 2.47. The largest absolute Gasteiger partial charge is 0.458 e. The molecule has 0 aliphatic rings. The number of hydrogen-bond acceptors (Lipinski definition) is 6. The number of carbonyl (C=O) groups is 1. The van der Waals surface area contributed by atoms with Crippen molar-refractivity contribution >= 4 is 15.8 Å². The van der Waals surface area contributed by atoms with Crippen LogP contribution in [0.2, 0.25) is 0 Å². The highest BCUT2D eigenvalue weighted by atomic mass is 32.2. The van der Waals surface area contributed by atoms with Crippen LogP contribution in [0, 0.1) is 0 Å². The normalized spacial score (nSPS) is 12.4. The van der Waals surface area contributed by atoms with Crippen LogP contribution in [0.25, 0.3) is 0 Å². The van der Waals surface area contributed by atoms with E-state index in [1.165, 1.54) is 0 Å². The van der Waals surface area contributed by atoms with Crippen LogP contribution in [0.4, 0.5) is 0 Å². The number of aromatic nitrogens is 1. The van der Waals surface area contributed by atoms with Crippen molar-refractivity contribution in [3.05, 3.63) is 54.4 Å².